The van der Waals surface area contributed by atoms with E-state index in [2.05, 4.69) is 17.3 Å². The minimum absolute atomic E-state index is 0.168. The number of hydrogen-bond acceptors (Lipinski definition) is 5. The van der Waals surface area contributed by atoms with Crippen molar-refractivity contribution in [3.8, 4) is 0 Å². The molecule has 3 N–H and O–H groups in total. The molecule has 0 saturated carbocycles. The Bertz CT molecular complexity index is 1230. The van der Waals surface area contributed by atoms with Crippen LogP contribution in [0.4, 0.5) is 5.00 Å². The lowest BCUT2D eigenvalue weighted by molar-refractivity contribution is 0.1000. The third kappa shape index (κ3) is 3.99. The minimum atomic E-state index is -0.534. The highest BCUT2D eigenvalue weighted by atomic mass is 32.1. The van der Waals surface area contributed by atoms with E-state index in [4.69, 9.17) is 5.73 Å². The molecule has 162 valence electrons. The minimum Gasteiger partial charge on any atom is -0.365 e. The topological polar surface area (TPSA) is 107 Å². The number of anilines is 1. The van der Waals surface area contributed by atoms with Crippen LogP contribution < -0.4 is 16.6 Å². The molecular weight excluding hydrogens is 412 g/mol. The summed E-state index contributed by atoms with van der Waals surface area (Å²) in [4.78, 5) is 39.4. The molecule has 0 spiro atoms. The standard InChI is InChI=1S/C23H26N4O3S/c1-3-4-11-27-23(30)15-8-6-5-7-14(15)19(26-27)21(29)25-22-18(20(24)28)16-10-9-13(2)12-17(16)31-22/h5-8,13H,3-4,9-12H2,1-2H3,(H2,24,28)(H,25,29)/t13-/m1/s1. The number of carbonyl (C=O) groups excluding carboxylic acids is 2. The lowest BCUT2D eigenvalue weighted by Gasteiger charge is -2.18. The number of benzene rings is 1. The van der Waals surface area contributed by atoms with Crippen molar-refractivity contribution in [1.82, 2.24) is 9.78 Å². The molecule has 3 aromatic rings. The Morgan fingerprint density at radius 2 is 2.03 bits per heavy atom. The summed E-state index contributed by atoms with van der Waals surface area (Å²) in [5.41, 5.74) is 7.00. The summed E-state index contributed by atoms with van der Waals surface area (Å²) in [7, 11) is 0. The smallest absolute Gasteiger partial charge is 0.277 e. The summed E-state index contributed by atoms with van der Waals surface area (Å²) in [5.74, 6) is -0.452. The van der Waals surface area contributed by atoms with Crippen molar-refractivity contribution in [2.75, 3.05) is 5.32 Å². The quantitative estimate of drug-likeness (QED) is 0.611. The largest absolute Gasteiger partial charge is 0.365 e. The van der Waals surface area contributed by atoms with Crippen LogP contribution in [0.2, 0.25) is 0 Å². The van der Waals surface area contributed by atoms with E-state index >= 15 is 0 Å². The third-order valence-electron chi connectivity index (χ3n) is 5.79. The number of nitrogens with one attached hydrogen (secondary N) is 1. The zero-order valence-corrected chi connectivity index (χ0v) is 18.6. The van der Waals surface area contributed by atoms with Crippen LogP contribution in [0, 0.1) is 5.92 Å². The Balaban J connectivity index is 1.77. The van der Waals surface area contributed by atoms with E-state index in [0.29, 0.717) is 33.8 Å². The van der Waals surface area contributed by atoms with Gasteiger partial charge in [0.25, 0.3) is 17.4 Å². The summed E-state index contributed by atoms with van der Waals surface area (Å²) < 4.78 is 1.36. The Labute approximate surface area is 184 Å². The van der Waals surface area contributed by atoms with Gasteiger partial charge in [-0.25, -0.2) is 4.68 Å². The number of rotatable bonds is 6. The molecule has 1 aliphatic rings. The molecule has 7 nitrogen and oxygen atoms in total. The van der Waals surface area contributed by atoms with Gasteiger partial charge in [-0.1, -0.05) is 38.5 Å². The number of hydrogen-bond donors (Lipinski definition) is 2. The van der Waals surface area contributed by atoms with Gasteiger partial charge in [0, 0.05) is 16.8 Å². The Kier molecular flexibility index (Phi) is 5.91. The third-order valence-corrected chi connectivity index (χ3v) is 6.96. The first-order valence-corrected chi connectivity index (χ1v) is 11.5. The Morgan fingerprint density at radius 1 is 1.29 bits per heavy atom. The molecule has 0 bridgehead atoms. The molecule has 2 amide bonds. The van der Waals surface area contributed by atoms with Crippen LogP contribution in [0.15, 0.2) is 29.1 Å². The summed E-state index contributed by atoms with van der Waals surface area (Å²) in [6.45, 7) is 4.66. The number of nitrogens with zero attached hydrogens (tertiary/aromatic N) is 2. The van der Waals surface area contributed by atoms with E-state index in [1.165, 1.54) is 16.0 Å². The van der Waals surface area contributed by atoms with Gasteiger partial charge in [0.2, 0.25) is 0 Å². The molecule has 31 heavy (non-hydrogen) atoms. The summed E-state index contributed by atoms with van der Waals surface area (Å²) >= 11 is 1.41. The zero-order chi connectivity index (χ0) is 22.1. The van der Waals surface area contributed by atoms with Gasteiger partial charge in [0.05, 0.1) is 10.9 Å². The number of aryl methyl sites for hydroxylation is 1. The molecule has 8 heteroatoms. The van der Waals surface area contributed by atoms with Crippen molar-refractivity contribution in [1.29, 1.82) is 0 Å². The molecule has 0 fully saturated rings. The van der Waals surface area contributed by atoms with Crippen molar-refractivity contribution >= 4 is 38.9 Å². The normalized spacial score (nSPS) is 15.6. The maximum Gasteiger partial charge on any atom is 0.277 e. The van der Waals surface area contributed by atoms with Crippen LogP contribution in [0.3, 0.4) is 0 Å². The predicted molar refractivity (Wildman–Crippen MR) is 123 cm³/mol. The maximum absolute atomic E-state index is 13.3. The molecule has 2 heterocycles. The van der Waals surface area contributed by atoms with Crippen LogP contribution in [0.1, 0.15) is 64.4 Å². The summed E-state index contributed by atoms with van der Waals surface area (Å²) in [5, 5.41) is 8.67. The maximum atomic E-state index is 13.3. The van der Waals surface area contributed by atoms with E-state index in [0.717, 1.165) is 42.5 Å². The first kappa shape index (κ1) is 21.2. The molecule has 4 rings (SSSR count). The Morgan fingerprint density at radius 3 is 2.74 bits per heavy atom. The highest BCUT2D eigenvalue weighted by Crippen LogP contribution is 2.39. The van der Waals surface area contributed by atoms with E-state index in [1.54, 1.807) is 24.3 Å². The second kappa shape index (κ2) is 8.63. The van der Waals surface area contributed by atoms with Crippen molar-refractivity contribution in [2.45, 2.75) is 52.5 Å². The SMILES string of the molecule is CCCCn1nc(C(=O)Nc2sc3c(c2C(N)=O)CC[C@@H](C)C3)c2ccccc2c1=O. The second-order valence-corrected chi connectivity index (χ2v) is 9.26. The van der Waals surface area contributed by atoms with Gasteiger partial charge in [-0.3, -0.25) is 14.4 Å². The van der Waals surface area contributed by atoms with Crippen LogP contribution in [0.5, 0.6) is 0 Å². The number of thiophene rings is 1. The molecule has 0 aliphatic heterocycles. The summed E-state index contributed by atoms with van der Waals surface area (Å²) in [6.07, 6.45) is 4.34. The summed E-state index contributed by atoms with van der Waals surface area (Å²) in [6, 6.07) is 6.98. The fourth-order valence-electron chi connectivity index (χ4n) is 4.12. The second-order valence-electron chi connectivity index (χ2n) is 8.15. The van der Waals surface area contributed by atoms with Gasteiger partial charge in [-0.2, -0.15) is 5.10 Å². The fourth-order valence-corrected chi connectivity index (χ4v) is 5.54. The lowest BCUT2D eigenvalue weighted by Crippen LogP contribution is -2.28. The van der Waals surface area contributed by atoms with Crippen molar-refractivity contribution in [3.05, 3.63) is 56.3 Å². The zero-order valence-electron chi connectivity index (χ0n) is 17.7. The highest BCUT2D eigenvalue weighted by Gasteiger charge is 2.28. The molecule has 2 aromatic heterocycles. The lowest BCUT2D eigenvalue weighted by atomic mass is 9.88. The molecule has 1 atom stereocenters. The Hall–Kier alpha value is -3.00. The van der Waals surface area contributed by atoms with E-state index in [9.17, 15) is 14.4 Å². The number of carbonyl (C=O) groups is 2. The van der Waals surface area contributed by atoms with Crippen LogP contribution >= 0.6 is 11.3 Å². The first-order chi connectivity index (χ1) is 14.9. The fraction of sp³-hybridized carbons (Fsp3) is 0.391. The molecule has 0 radical (unpaired) electrons. The number of nitrogens with two attached hydrogens (primary N) is 1. The van der Waals surface area contributed by atoms with E-state index in [-0.39, 0.29) is 11.3 Å². The number of fused-ring (bicyclic) bond motifs is 2. The molecule has 1 aliphatic carbocycles. The monoisotopic (exact) mass is 438 g/mol. The van der Waals surface area contributed by atoms with Crippen molar-refractivity contribution in [3.63, 3.8) is 0 Å². The number of aromatic nitrogens is 2. The van der Waals surface area contributed by atoms with Gasteiger partial charge in [0.15, 0.2) is 5.69 Å². The van der Waals surface area contributed by atoms with Gasteiger partial charge < -0.3 is 11.1 Å². The number of unbranched alkanes of at least 4 members (excludes halogenated alkanes) is 1. The van der Waals surface area contributed by atoms with Gasteiger partial charge >= 0.3 is 0 Å². The molecule has 0 saturated heterocycles. The van der Waals surface area contributed by atoms with Crippen LogP contribution in [-0.4, -0.2) is 21.6 Å². The highest BCUT2D eigenvalue weighted by molar-refractivity contribution is 7.17. The van der Waals surface area contributed by atoms with E-state index < -0.39 is 11.8 Å². The van der Waals surface area contributed by atoms with Crippen LogP contribution in [-0.2, 0) is 19.4 Å². The van der Waals surface area contributed by atoms with Crippen molar-refractivity contribution in [2.24, 2.45) is 11.7 Å². The van der Waals surface area contributed by atoms with E-state index in [1.807, 2.05) is 6.92 Å². The average Bonchev–Trinajstić information content (AvgIpc) is 3.10. The molecule has 1 aromatic carbocycles. The first-order valence-electron chi connectivity index (χ1n) is 10.7. The predicted octanol–water partition coefficient (Wildman–Crippen LogP) is 3.73. The number of amides is 2. The van der Waals surface area contributed by atoms with Crippen molar-refractivity contribution < 1.29 is 9.59 Å². The van der Waals surface area contributed by atoms with Gasteiger partial charge in [-0.05, 0) is 43.2 Å². The van der Waals surface area contributed by atoms with Gasteiger partial charge in [0.1, 0.15) is 5.00 Å². The average molecular weight is 439 g/mol. The van der Waals surface area contributed by atoms with Crippen LogP contribution in [0.25, 0.3) is 10.8 Å². The molecular formula is C23H26N4O3S. The molecule has 0 unspecified atom stereocenters. The number of primary amides is 1. The van der Waals surface area contributed by atoms with Gasteiger partial charge in [-0.15, -0.1) is 11.3 Å².